The summed E-state index contributed by atoms with van der Waals surface area (Å²) in [5.41, 5.74) is 1.14. The highest BCUT2D eigenvalue weighted by atomic mass is 32.1. The number of H-pyrrole nitrogens is 1. The van der Waals surface area contributed by atoms with Crippen molar-refractivity contribution in [1.82, 2.24) is 19.8 Å². The van der Waals surface area contributed by atoms with Crippen LogP contribution < -0.4 is 10.9 Å². The van der Waals surface area contributed by atoms with Gasteiger partial charge in [-0.25, -0.2) is 9.18 Å². The van der Waals surface area contributed by atoms with Crippen molar-refractivity contribution >= 4 is 35.0 Å². The van der Waals surface area contributed by atoms with Crippen LogP contribution in [-0.4, -0.2) is 53.1 Å². The number of ether oxygens (including phenoxy) is 1. The van der Waals surface area contributed by atoms with Crippen LogP contribution >= 0.6 is 12.2 Å². The normalized spacial score (nSPS) is 14.6. The van der Waals surface area contributed by atoms with Gasteiger partial charge in [-0.05, 0) is 68.3 Å². The van der Waals surface area contributed by atoms with Crippen LogP contribution in [0.2, 0.25) is 0 Å². The SMILES string of the molecule is COC(=O)c1ccc2c(=O)n(CCC(=O)NCC3CCN(Cc4ccccc4F)CC3)c(=S)[nH]c2c1. The van der Waals surface area contributed by atoms with E-state index >= 15 is 0 Å². The number of aromatic amines is 1. The Labute approximate surface area is 213 Å². The van der Waals surface area contributed by atoms with Gasteiger partial charge in [-0.1, -0.05) is 18.2 Å². The number of amides is 1. The lowest BCUT2D eigenvalue weighted by Gasteiger charge is -2.32. The van der Waals surface area contributed by atoms with E-state index in [9.17, 15) is 18.8 Å². The van der Waals surface area contributed by atoms with Gasteiger partial charge in [0.25, 0.3) is 5.56 Å². The Hall–Kier alpha value is -3.37. The summed E-state index contributed by atoms with van der Waals surface area (Å²) >= 11 is 5.32. The molecule has 0 radical (unpaired) electrons. The number of piperidine rings is 1. The van der Waals surface area contributed by atoms with Crippen molar-refractivity contribution in [1.29, 1.82) is 0 Å². The second-order valence-electron chi connectivity index (χ2n) is 9.00. The average Bonchev–Trinajstić information content (AvgIpc) is 2.88. The van der Waals surface area contributed by atoms with Crippen molar-refractivity contribution in [3.8, 4) is 0 Å². The standard InChI is InChI=1S/C26H29FN4O4S/c1-35-25(34)18-6-7-20-22(14-18)29-26(36)31(24(20)33)13-10-23(32)28-15-17-8-11-30(12-9-17)16-19-4-2-3-5-21(19)27/h2-7,14,17H,8-13,15-16H2,1H3,(H,28,32)(H,29,36). The van der Waals surface area contributed by atoms with E-state index in [0.29, 0.717) is 41.0 Å². The highest BCUT2D eigenvalue weighted by molar-refractivity contribution is 7.71. The molecule has 0 bridgehead atoms. The van der Waals surface area contributed by atoms with Crippen LogP contribution in [-0.2, 0) is 22.6 Å². The molecule has 0 atom stereocenters. The summed E-state index contributed by atoms with van der Waals surface area (Å²) in [6.07, 6.45) is 1.98. The van der Waals surface area contributed by atoms with Crippen molar-refractivity contribution in [2.24, 2.45) is 5.92 Å². The minimum atomic E-state index is -0.507. The molecule has 2 aromatic carbocycles. The van der Waals surface area contributed by atoms with Gasteiger partial charge < -0.3 is 15.0 Å². The first kappa shape index (κ1) is 25.7. The van der Waals surface area contributed by atoms with Crippen LogP contribution in [0.1, 0.15) is 35.2 Å². The van der Waals surface area contributed by atoms with Gasteiger partial charge in [-0.15, -0.1) is 0 Å². The van der Waals surface area contributed by atoms with Crippen LogP contribution in [0.5, 0.6) is 0 Å². The Morgan fingerprint density at radius 3 is 2.67 bits per heavy atom. The number of likely N-dealkylation sites (tertiary alicyclic amines) is 1. The summed E-state index contributed by atoms with van der Waals surface area (Å²) in [6.45, 7) is 3.02. The fourth-order valence-electron chi connectivity index (χ4n) is 4.48. The molecule has 0 aliphatic carbocycles. The number of hydrogen-bond donors (Lipinski definition) is 2. The minimum absolute atomic E-state index is 0.120. The number of carbonyl (C=O) groups is 2. The number of aromatic nitrogens is 2. The van der Waals surface area contributed by atoms with Crippen molar-refractivity contribution in [3.05, 3.63) is 74.5 Å². The zero-order valence-electron chi connectivity index (χ0n) is 20.1. The molecule has 0 spiro atoms. The van der Waals surface area contributed by atoms with Crippen LogP contribution in [0.15, 0.2) is 47.3 Å². The fourth-order valence-corrected chi connectivity index (χ4v) is 4.76. The molecule has 1 aromatic heterocycles. The average molecular weight is 513 g/mol. The lowest BCUT2D eigenvalue weighted by atomic mass is 9.96. The number of halogens is 1. The van der Waals surface area contributed by atoms with Gasteiger partial charge in [-0.3, -0.25) is 19.1 Å². The Bertz CT molecular complexity index is 1380. The number of nitrogens with one attached hydrogen (secondary N) is 2. The molecule has 2 N–H and O–H groups in total. The van der Waals surface area contributed by atoms with Crippen LogP contribution in [0.25, 0.3) is 10.9 Å². The molecule has 1 saturated heterocycles. The molecule has 8 nitrogen and oxygen atoms in total. The summed E-state index contributed by atoms with van der Waals surface area (Å²) in [4.78, 5) is 42.3. The van der Waals surface area contributed by atoms with E-state index in [2.05, 4.69) is 15.2 Å². The monoisotopic (exact) mass is 512 g/mol. The Morgan fingerprint density at radius 1 is 1.19 bits per heavy atom. The van der Waals surface area contributed by atoms with Gasteiger partial charge in [0.1, 0.15) is 5.82 Å². The van der Waals surface area contributed by atoms with Crippen LogP contribution in [0.3, 0.4) is 0 Å². The largest absolute Gasteiger partial charge is 0.465 e. The Kier molecular flexibility index (Phi) is 8.27. The van der Waals surface area contributed by atoms with E-state index in [1.807, 2.05) is 12.1 Å². The summed E-state index contributed by atoms with van der Waals surface area (Å²) in [6, 6.07) is 11.4. The van der Waals surface area contributed by atoms with Gasteiger partial charge in [0.2, 0.25) is 5.91 Å². The number of benzene rings is 2. The predicted molar refractivity (Wildman–Crippen MR) is 137 cm³/mol. The molecule has 1 fully saturated rings. The summed E-state index contributed by atoms with van der Waals surface area (Å²) in [5.74, 6) is -0.469. The highest BCUT2D eigenvalue weighted by Gasteiger charge is 2.20. The number of carbonyl (C=O) groups excluding carboxylic acids is 2. The minimum Gasteiger partial charge on any atom is -0.465 e. The molecule has 4 rings (SSSR count). The van der Waals surface area contributed by atoms with Crippen molar-refractivity contribution in [2.45, 2.75) is 32.4 Å². The molecule has 0 unspecified atom stereocenters. The third-order valence-electron chi connectivity index (χ3n) is 6.61. The summed E-state index contributed by atoms with van der Waals surface area (Å²) < 4.78 is 20.1. The molecule has 1 aliphatic heterocycles. The first-order valence-electron chi connectivity index (χ1n) is 11.9. The van der Waals surface area contributed by atoms with E-state index < -0.39 is 5.97 Å². The van der Waals surface area contributed by atoms with E-state index in [4.69, 9.17) is 17.0 Å². The molecule has 10 heteroatoms. The Balaban J connectivity index is 1.27. The van der Waals surface area contributed by atoms with E-state index in [-0.39, 0.29) is 35.0 Å². The Morgan fingerprint density at radius 2 is 1.94 bits per heavy atom. The molecule has 1 amide bonds. The number of methoxy groups -OCH3 is 1. The number of hydrogen-bond acceptors (Lipinski definition) is 6. The lowest BCUT2D eigenvalue weighted by molar-refractivity contribution is -0.121. The van der Waals surface area contributed by atoms with Crippen LogP contribution in [0, 0.1) is 16.5 Å². The summed E-state index contributed by atoms with van der Waals surface area (Å²) in [7, 11) is 1.29. The maximum absolute atomic E-state index is 13.9. The first-order chi connectivity index (χ1) is 17.4. The summed E-state index contributed by atoms with van der Waals surface area (Å²) in [5, 5.41) is 3.34. The maximum atomic E-state index is 13.9. The predicted octanol–water partition coefficient (Wildman–Crippen LogP) is 3.40. The fraction of sp³-hybridized carbons (Fsp3) is 0.385. The third kappa shape index (κ3) is 6.06. The molecule has 0 saturated carbocycles. The van der Waals surface area contributed by atoms with Gasteiger partial charge in [0, 0.05) is 31.6 Å². The van der Waals surface area contributed by atoms with Crippen molar-refractivity contribution in [3.63, 3.8) is 0 Å². The van der Waals surface area contributed by atoms with Gasteiger partial charge in [0.05, 0.1) is 23.6 Å². The van der Waals surface area contributed by atoms with Gasteiger partial charge >= 0.3 is 5.97 Å². The van der Waals surface area contributed by atoms with E-state index in [1.54, 1.807) is 12.1 Å². The second-order valence-corrected chi connectivity index (χ2v) is 9.39. The zero-order chi connectivity index (χ0) is 25.7. The van der Waals surface area contributed by atoms with Crippen molar-refractivity contribution in [2.75, 3.05) is 26.7 Å². The second kappa shape index (κ2) is 11.6. The molecule has 1 aliphatic rings. The van der Waals surface area contributed by atoms with Crippen molar-refractivity contribution < 1.29 is 18.7 Å². The van der Waals surface area contributed by atoms with E-state index in [1.165, 1.54) is 29.9 Å². The number of esters is 1. The third-order valence-corrected chi connectivity index (χ3v) is 6.93. The molecular formula is C26H29FN4O4S. The maximum Gasteiger partial charge on any atom is 0.337 e. The molecule has 2 heterocycles. The topological polar surface area (TPSA) is 96.4 Å². The van der Waals surface area contributed by atoms with Gasteiger partial charge in [-0.2, -0.15) is 0 Å². The quantitative estimate of drug-likeness (QED) is 0.355. The van der Waals surface area contributed by atoms with E-state index in [0.717, 1.165) is 25.9 Å². The molecule has 36 heavy (non-hydrogen) atoms. The zero-order valence-corrected chi connectivity index (χ0v) is 20.9. The molecular weight excluding hydrogens is 483 g/mol. The number of nitrogens with zero attached hydrogens (tertiary/aromatic N) is 2. The first-order valence-corrected chi connectivity index (χ1v) is 12.3. The number of rotatable bonds is 8. The smallest absolute Gasteiger partial charge is 0.337 e. The number of fused-ring (bicyclic) bond motifs is 1. The highest BCUT2D eigenvalue weighted by Crippen LogP contribution is 2.19. The van der Waals surface area contributed by atoms with Crippen LogP contribution in [0.4, 0.5) is 4.39 Å². The lowest BCUT2D eigenvalue weighted by Crippen LogP contribution is -2.38. The van der Waals surface area contributed by atoms with Gasteiger partial charge in [0.15, 0.2) is 4.77 Å². The molecule has 190 valence electrons. The molecule has 3 aromatic rings.